The van der Waals surface area contributed by atoms with E-state index in [2.05, 4.69) is 4.98 Å². The van der Waals surface area contributed by atoms with Crippen LogP contribution in [0, 0.1) is 0 Å². The van der Waals surface area contributed by atoms with Crippen molar-refractivity contribution in [3.05, 3.63) is 47.5 Å². The van der Waals surface area contributed by atoms with Gasteiger partial charge >= 0.3 is 0 Å². The van der Waals surface area contributed by atoms with Crippen LogP contribution in [0.2, 0.25) is 5.02 Å². The number of aromatic nitrogens is 2. The van der Waals surface area contributed by atoms with Gasteiger partial charge in [0.25, 0.3) is 0 Å². The molecule has 0 aliphatic heterocycles. The highest BCUT2D eigenvalue weighted by Crippen LogP contribution is 2.15. The lowest BCUT2D eigenvalue weighted by atomic mass is 10.3. The Morgan fingerprint density at radius 1 is 1.37 bits per heavy atom. The van der Waals surface area contributed by atoms with Crippen molar-refractivity contribution in [2.24, 2.45) is 0 Å². The number of aryl methyl sites for hydroxylation is 1. The number of imidazole rings is 1. The largest absolute Gasteiger partial charge is 0.486 e. The van der Waals surface area contributed by atoms with Gasteiger partial charge in [-0.1, -0.05) is 11.6 Å². The van der Waals surface area contributed by atoms with Crippen molar-refractivity contribution in [2.75, 3.05) is 6.61 Å². The molecule has 100 valence electrons. The van der Waals surface area contributed by atoms with Gasteiger partial charge in [0.1, 0.15) is 18.2 Å². The highest BCUT2D eigenvalue weighted by molar-refractivity contribution is 6.30. The Kier molecular flexibility index (Phi) is 4.58. The first-order valence-corrected chi connectivity index (χ1v) is 6.47. The van der Waals surface area contributed by atoms with Gasteiger partial charge in [-0.2, -0.15) is 0 Å². The first kappa shape index (κ1) is 13.6. The number of carbonyl (C=O) groups is 1. The maximum absolute atomic E-state index is 11.8. The third-order valence-corrected chi connectivity index (χ3v) is 2.96. The molecule has 0 fully saturated rings. The molecule has 0 aliphatic carbocycles. The molecule has 0 unspecified atom stereocenters. The van der Waals surface area contributed by atoms with E-state index in [0.29, 0.717) is 10.8 Å². The van der Waals surface area contributed by atoms with Crippen LogP contribution in [0.5, 0.6) is 5.75 Å². The van der Waals surface area contributed by atoms with Crippen LogP contribution in [0.15, 0.2) is 36.7 Å². The first-order chi connectivity index (χ1) is 9.19. The monoisotopic (exact) mass is 278 g/mol. The quantitative estimate of drug-likeness (QED) is 0.816. The zero-order valence-electron chi connectivity index (χ0n) is 10.7. The molecule has 4 nitrogen and oxygen atoms in total. The number of nitrogens with zero attached hydrogens (tertiary/aromatic N) is 2. The Balaban J connectivity index is 1.86. The van der Waals surface area contributed by atoms with Crippen molar-refractivity contribution in [2.45, 2.75) is 19.9 Å². The minimum atomic E-state index is -0.00384. The second-order valence-electron chi connectivity index (χ2n) is 4.09. The van der Waals surface area contributed by atoms with Crippen molar-refractivity contribution in [1.29, 1.82) is 0 Å². The zero-order chi connectivity index (χ0) is 13.7. The molecule has 2 rings (SSSR count). The Labute approximate surface area is 117 Å². The van der Waals surface area contributed by atoms with Crippen LogP contribution < -0.4 is 4.74 Å². The third kappa shape index (κ3) is 3.83. The van der Waals surface area contributed by atoms with Crippen molar-refractivity contribution < 1.29 is 9.53 Å². The summed E-state index contributed by atoms with van der Waals surface area (Å²) in [6.07, 6.45) is 3.85. The van der Waals surface area contributed by atoms with E-state index in [1.165, 1.54) is 0 Å². The molecule has 0 atom stereocenters. The molecule has 0 saturated heterocycles. The smallest absolute Gasteiger partial charge is 0.177 e. The molecule has 0 saturated carbocycles. The van der Waals surface area contributed by atoms with Gasteiger partial charge in [0.2, 0.25) is 0 Å². The van der Waals surface area contributed by atoms with E-state index in [1.54, 1.807) is 30.5 Å². The molecule has 0 bridgehead atoms. The Hall–Kier alpha value is -1.81. The van der Waals surface area contributed by atoms with E-state index < -0.39 is 0 Å². The fraction of sp³-hybridized carbons (Fsp3) is 0.286. The molecule has 0 spiro atoms. The summed E-state index contributed by atoms with van der Waals surface area (Å²) < 4.78 is 7.34. The molecule has 1 aromatic heterocycles. The normalized spacial score (nSPS) is 10.4. The van der Waals surface area contributed by atoms with E-state index in [-0.39, 0.29) is 18.8 Å². The molecule has 0 N–H and O–H groups in total. The number of ketones is 1. The Morgan fingerprint density at radius 3 is 2.79 bits per heavy atom. The molecule has 5 heteroatoms. The second kappa shape index (κ2) is 6.38. The highest BCUT2D eigenvalue weighted by Gasteiger charge is 2.09. The van der Waals surface area contributed by atoms with Gasteiger partial charge in [-0.3, -0.25) is 4.79 Å². The molecule has 2 aromatic rings. The maximum Gasteiger partial charge on any atom is 0.177 e. The van der Waals surface area contributed by atoms with Crippen molar-refractivity contribution in [3.8, 4) is 5.75 Å². The van der Waals surface area contributed by atoms with Crippen molar-refractivity contribution in [3.63, 3.8) is 0 Å². The lowest BCUT2D eigenvalue weighted by molar-refractivity contribution is -0.120. The van der Waals surface area contributed by atoms with E-state index >= 15 is 0 Å². The fourth-order valence-corrected chi connectivity index (χ4v) is 1.84. The van der Waals surface area contributed by atoms with Gasteiger partial charge < -0.3 is 9.30 Å². The molecular weight excluding hydrogens is 264 g/mol. The second-order valence-corrected chi connectivity index (χ2v) is 4.52. The third-order valence-electron chi connectivity index (χ3n) is 2.71. The number of hydrogen-bond acceptors (Lipinski definition) is 3. The fourth-order valence-electron chi connectivity index (χ4n) is 1.72. The minimum absolute atomic E-state index is 0.00384. The van der Waals surface area contributed by atoms with E-state index in [4.69, 9.17) is 16.3 Å². The SMILES string of the molecule is CCn1ccnc1CC(=O)COc1ccc(Cl)cc1. The summed E-state index contributed by atoms with van der Waals surface area (Å²) in [4.78, 5) is 16.0. The van der Waals surface area contributed by atoms with Crippen LogP contribution in [-0.4, -0.2) is 21.9 Å². The summed E-state index contributed by atoms with van der Waals surface area (Å²) >= 11 is 5.77. The lowest BCUT2D eigenvalue weighted by Gasteiger charge is -2.06. The molecule has 0 amide bonds. The van der Waals surface area contributed by atoms with Crippen LogP contribution >= 0.6 is 11.6 Å². The number of halogens is 1. The highest BCUT2D eigenvalue weighted by atomic mass is 35.5. The van der Waals surface area contributed by atoms with E-state index in [1.807, 2.05) is 17.7 Å². The van der Waals surface area contributed by atoms with Gasteiger partial charge in [-0.15, -0.1) is 0 Å². The van der Waals surface area contributed by atoms with Gasteiger partial charge in [-0.25, -0.2) is 4.98 Å². The summed E-state index contributed by atoms with van der Waals surface area (Å²) in [5.74, 6) is 1.40. The van der Waals surface area contributed by atoms with Crippen LogP contribution in [0.3, 0.4) is 0 Å². The Morgan fingerprint density at radius 2 is 2.11 bits per heavy atom. The standard InChI is InChI=1S/C14H15ClN2O2/c1-2-17-8-7-16-14(17)9-12(18)10-19-13-5-3-11(15)4-6-13/h3-8H,2,9-10H2,1H3. The van der Waals surface area contributed by atoms with Gasteiger partial charge in [0.15, 0.2) is 5.78 Å². The minimum Gasteiger partial charge on any atom is -0.486 e. The average Bonchev–Trinajstić information content (AvgIpc) is 2.85. The maximum atomic E-state index is 11.8. The summed E-state index contributed by atoms with van der Waals surface area (Å²) in [7, 11) is 0. The van der Waals surface area contributed by atoms with Crippen molar-refractivity contribution >= 4 is 17.4 Å². The van der Waals surface area contributed by atoms with Gasteiger partial charge in [0.05, 0.1) is 6.42 Å². The number of carbonyl (C=O) groups excluding carboxylic acids is 1. The number of benzene rings is 1. The van der Waals surface area contributed by atoms with Crippen molar-refractivity contribution in [1.82, 2.24) is 9.55 Å². The van der Waals surface area contributed by atoms with Crippen LogP contribution in [-0.2, 0) is 17.8 Å². The molecule has 0 radical (unpaired) electrons. The Bertz CT molecular complexity index is 549. The first-order valence-electron chi connectivity index (χ1n) is 6.09. The lowest BCUT2D eigenvalue weighted by Crippen LogP contribution is -2.16. The van der Waals surface area contributed by atoms with Gasteiger partial charge in [0, 0.05) is 24.0 Å². The molecule has 1 aromatic carbocycles. The molecule has 0 aliphatic rings. The molecule has 1 heterocycles. The summed E-state index contributed by atoms with van der Waals surface area (Å²) in [6.45, 7) is 2.86. The topological polar surface area (TPSA) is 44.1 Å². The summed E-state index contributed by atoms with van der Waals surface area (Å²) in [6, 6.07) is 6.93. The van der Waals surface area contributed by atoms with Crippen LogP contribution in [0.4, 0.5) is 0 Å². The predicted molar refractivity (Wildman–Crippen MR) is 73.6 cm³/mol. The summed E-state index contributed by atoms with van der Waals surface area (Å²) in [5.41, 5.74) is 0. The van der Waals surface area contributed by atoms with E-state index in [9.17, 15) is 4.79 Å². The zero-order valence-corrected chi connectivity index (χ0v) is 11.4. The van der Waals surface area contributed by atoms with Crippen LogP contribution in [0.25, 0.3) is 0 Å². The number of hydrogen-bond donors (Lipinski definition) is 0. The molecule has 19 heavy (non-hydrogen) atoms. The van der Waals surface area contributed by atoms with Crippen LogP contribution in [0.1, 0.15) is 12.7 Å². The average molecular weight is 279 g/mol. The number of Topliss-reactive ketones (excluding diaryl/α,β-unsaturated/α-hetero) is 1. The number of ether oxygens (including phenoxy) is 1. The van der Waals surface area contributed by atoms with E-state index in [0.717, 1.165) is 12.4 Å². The molecular formula is C14H15ClN2O2. The predicted octanol–water partition coefficient (Wildman–Crippen LogP) is 2.75. The van der Waals surface area contributed by atoms with Gasteiger partial charge in [-0.05, 0) is 31.2 Å². The number of rotatable bonds is 6. The summed E-state index contributed by atoms with van der Waals surface area (Å²) in [5, 5.41) is 0.642.